The Hall–Kier alpha value is -3.16. The van der Waals surface area contributed by atoms with Crippen molar-refractivity contribution in [2.45, 2.75) is 39.5 Å². The molecular formula is C29H36N4O3. The molecule has 7 nitrogen and oxygen atoms in total. The van der Waals surface area contributed by atoms with Crippen LogP contribution in [0.1, 0.15) is 36.1 Å². The van der Waals surface area contributed by atoms with Crippen molar-refractivity contribution < 1.29 is 14.2 Å². The van der Waals surface area contributed by atoms with Gasteiger partial charge in [-0.25, -0.2) is 9.97 Å². The molecule has 3 aromatic rings. The van der Waals surface area contributed by atoms with Crippen LogP contribution in [0, 0.1) is 13.8 Å². The second-order valence-electron chi connectivity index (χ2n) is 10.4. The molecule has 0 spiro atoms. The van der Waals surface area contributed by atoms with E-state index in [1.54, 1.807) is 7.11 Å². The van der Waals surface area contributed by atoms with Gasteiger partial charge >= 0.3 is 0 Å². The molecule has 2 heterocycles. The van der Waals surface area contributed by atoms with Crippen LogP contribution >= 0.6 is 0 Å². The highest BCUT2D eigenvalue weighted by atomic mass is 16.5. The van der Waals surface area contributed by atoms with Gasteiger partial charge in [-0.1, -0.05) is 19.9 Å². The fourth-order valence-electron chi connectivity index (χ4n) is 5.32. The van der Waals surface area contributed by atoms with Crippen LogP contribution in [0.5, 0.6) is 11.5 Å². The predicted octanol–water partition coefficient (Wildman–Crippen LogP) is 5.06. The molecule has 2 aliphatic rings. The number of fused-ring (bicyclic) bond motifs is 3. The normalized spacial score (nSPS) is 16.7. The van der Waals surface area contributed by atoms with Gasteiger partial charge in [-0.05, 0) is 72.2 Å². The van der Waals surface area contributed by atoms with Gasteiger partial charge < -0.3 is 19.5 Å². The van der Waals surface area contributed by atoms with Gasteiger partial charge in [0, 0.05) is 37.1 Å². The summed E-state index contributed by atoms with van der Waals surface area (Å²) in [7, 11) is 1.70. The summed E-state index contributed by atoms with van der Waals surface area (Å²) >= 11 is 0. The minimum Gasteiger partial charge on any atom is -0.497 e. The van der Waals surface area contributed by atoms with E-state index in [1.807, 2.05) is 12.3 Å². The van der Waals surface area contributed by atoms with Crippen LogP contribution in [-0.2, 0) is 16.6 Å². The zero-order valence-electron chi connectivity index (χ0n) is 22.0. The summed E-state index contributed by atoms with van der Waals surface area (Å²) in [5.41, 5.74) is 7.67. The molecular weight excluding hydrogens is 452 g/mol. The Morgan fingerprint density at radius 2 is 1.83 bits per heavy atom. The summed E-state index contributed by atoms with van der Waals surface area (Å²) in [6.07, 6.45) is 2.86. The summed E-state index contributed by atoms with van der Waals surface area (Å²) in [4.78, 5) is 12.0. The van der Waals surface area contributed by atoms with Gasteiger partial charge in [-0.15, -0.1) is 0 Å². The molecule has 1 fully saturated rings. The fourth-order valence-corrected chi connectivity index (χ4v) is 5.32. The maximum atomic E-state index is 6.18. The van der Waals surface area contributed by atoms with Crippen molar-refractivity contribution in [2.24, 2.45) is 0 Å². The molecule has 1 aromatic heterocycles. The van der Waals surface area contributed by atoms with E-state index < -0.39 is 0 Å². The first-order chi connectivity index (χ1) is 17.3. The Balaban J connectivity index is 1.34. The van der Waals surface area contributed by atoms with E-state index in [-0.39, 0.29) is 5.41 Å². The molecule has 0 unspecified atom stereocenters. The Bertz CT molecular complexity index is 1230. The number of aromatic nitrogens is 2. The zero-order valence-corrected chi connectivity index (χ0v) is 22.0. The second kappa shape index (κ2) is 10.1. The van der Waals surface area contributed by atoms with Crippen molar-refractivity contribution in [3.8, 4) is 22.8 Å². The van der Waals surface area contributed by atoms with E-state index in [0.29, 0.717) is 12.6 Å². The molecule has 1 N–H and O–H groups in total. The van der Waals surface area contributed by atoms with Gasteiger partial charge in [0.05, 0.1) is 26.0 Å². The molecule has 0 bridgehead atoms. The third-order valence-electron chi connectivity index (χ3n) is 7.18. The third kappa shape index (κ3) is 5.04. The Kier molecular flexibility index (Phi) is 6.86. The number of nitrogens with one attached hydrogen (secondary N) is 1. The van der Waals surface area contributed by atoms with E-state index in [1.165, 1.54) is 5.56 Å². The second-order valence-corrected chi connectivity index (χ2v) is 10.4. The lowest BCUT2D eigenvalue weighted by atomic mass is 9.72. The molecule has 0 radical (unpaired) electrons. The Morgan fingerprint density at radius 3 is 2.56 bits per heavy atom. The van der Waals surface area contributed by atoms with Crippen molar-refractivity contribution in [2.75, 3.05) is 51.9 Å². The number of rotatable bonds is 7. The summed E-state index contributed by atoms with van der Waals surface area (Å²) in [5, 5.41) is 3.42. The third-order valence-corrected chi connectivity index (χ3v) is 7.18. The Labute approximate surface area is 213 Å². The van der Waals surface area contributed by atoms with E-state index in [9.17, 15) is 0 Å². The number of morpholine rings is 1. The topological polar surface area (TPSA) is 68.7 Å². The summed E-state index contributed by atoms with van der Waals surface area (Å²) < 4.78 is 17.1. The molecule has 36 heavy (non-hydrogen) atoms. The number of hydrogen-bond acceptors (Lipinski definition) is 7. The molecule has 0 amide bonds. The van der Waals surface area contributed by atoms with Gasteiger partial charge in [0.15, 0.2) is 0 Å². The van der Waals surface area contributed by atoms with Crippen LogP contribution in [0.2, 0.25) is 0 Å². The van der Waals surface area contributed by atoms with Crippen molar-refractivity contribution in [1.82, 2.24) is 14.9 Å². The minimum atomic E-state index is 0.0126. The summed E-state index contributed by atoms with van der Waals surface area (Å²) in [6.45, 7) is 13.8. The maximum absolute atomic E-state index is 6.18. The van der Waals surface area contributed by atoms with Crippen LogP contribution in [-0.4, -0.2) is 61.4 Å². The van der Waals surface area contributed by atoms with Crippen LogP contribution in [0.15, 0.2) is 36.5 Å². The van der Waals surface area contributed by atoms with Gasteiger partial charge in [0.1, 0.15) is 18.1 Å². The molecule has 1 saturated heterocycles. The number of benzene rings is 2. The number of hydrogen-bond donors (Lipinski definition) is 1. The average molecular weight is 489 g/mol. The lowest BCUT2D eigenvalue weighted by Gasteiger charge is -2.33. The molecule has 1 aliphatic heterocycles. The first kappa shape index (κ1) is 24.5. The highest BCUT2D eigenvalue weighted by Gasteiger charge is 2.32. The minimum absolute atomic E-state index is 0.0126. The van der Waals surface area contributed by atoms with Crippen LogP contribution < -0.4 is 14.8 Å². The maximum Gasteiger partial charge on any atom is 0.227 e. The number of aryl methyl sites for hydroxylation is 2. The highest BCUT2D eigenvalue weighted by Crippen LogP contribution is 2.43. The number of nitrogens with zero attached hydrogens (tertiary/aromatic N) is 3. The number of ether oxygens (including phenoxy) is 3. The lowest BCUT2D eigenvalue weighted by Crippen LogP contribution is -2.38. The smallest absolute Gasteiger partial charge is 0.227 e. The first-order valence-corrected chi connectivity index (χ1v) is 12.7. The van der Waals surface area contributed by atoms with Gasteiger partial charge in [-0.2, -0.15) is 0 Å². The van der Waals surface area contributed by atoms with Gasteiger partial charge in [0.25, 0.3) is 0 Å². The van der Waals surface area contributed by atoms with Crippen molar-refractivity contribution in [1.29, 1.82) is 0 Å². The van der Waals surface area contributed by atoms with Crippen molar-refractivity contribution in [3.63, 3.8) is 0 Å². The zero-order chi connectivity index (χ0) is 25.3. The first-order valence-electron chi connectivity index (χ1n) is 12.7. The average Bonchev–Trinajstić information content (AvgIpc) is 2.86. The number of methoxy groups -OCH3 is 1. The fraction of sp³-hybridized carbons (Fsp3) is 0.448. The molecule has 2 aromatic carbocycles. The van der Waals surface area contributed by atoms with Crippen LogP contribution in [0.4, 0.5) is 11.6 Å². The summed E-state index contributed by atoms with van der Waals surface area (Å²) in [6, 6.07) is 10.5. The molecule has 190 valence electrons. The highest BCUT2D eigenvalue weighted by molar-refractivity contribution is 5.74. The van der Waals surface area contributed by atoms with E-state index in [4.69, 9.17) is 19.2 Å². The Morgan fingerprint density at radius 1 is 1.08 bits per heavy atom. The van der Waals surface area contributed by atoms with Crippen LogP contribution in [0.25, 0.3) is 11.3 Å². The largest absolute Gasteiger partial charge is 0.497 e. The number of anilines is 2. The monoisotopic (exact) mass is 488 g/mol. The van der Waals surface area contributed by atoms with Gasteiger partial charge in [-0.3, -0.25) is 4.90 Å². The van der Waals surface area contributed by atoms with Crippen molar-refractivity contribution in [3.05, 3.63) is 58.8 Å². The lowest BCUT2D eigenvalue weighted by molar-refractivity contribution is 0.0322. The predicted molar refractivity (Wildman–Crippen MR) is 143 cm³/mol. The molecule has 5 rings (SSSR count). The van der Waals surface area contributed by atoms with Gasteiger partial charge in [0.2, 0.25) is 5.95 Å². The standard InChI is InChI=1S/C29H36N4O3/c1-19-14-22(15-20(2)27(19)36-13-10-33-8-11-35-12-9-33)31-28-30-18-21-17-29(3,4)25-7-6-23(34-5)16-24(25)26(21)32-28/h6-7,14-16,18H,8-13,17H2,1-5H3,(H,30,31,32). The SMILES string of the molecule is COc1ccc2c(c1)-c1nc(Nc3cc(C)c(OCCN4CCOCC4)c(C)c3)ncc1CC2(C)C. The van der Waals surface area contributed by atoms with Crippen LogP contribution in [0.3, 0.4) is 0 Å². The summed E-state index contributed by atoms with van der Waals surface area (Å²) in [5.74, 6) is 2.37. The van der Waals surface area contributed by atoms with E-state index in [2.05, 4.69) is 67.2 Å². The van der Waals surface area contributed by atoms with Crippen molar-refractivity contribution >= 4 is 11.6 Å². The molecule has 0 atom stereocenters. The molecule has 1 aliphatic carbocycles. The van der Waals surface area contributed by atoms with E-state index in [0.717, 1.165) is 84.4 Å². The quantitative estimate of drug-likeness (QED) is 0.499. The molecule has 7 heteroatoms. The molecule has 0 saturated carbocycles. The van der Waals surface area contributed by atoms with E-state index >= 15 is 0 Å².